The quantitative estimate of drug-likeness (QED) is 0.706. The summed E-state index contributed by atoms with van der Waals surface area (Å²) in [6.45, 7) is 2.23. The molecule has 4 rings (SSSR count). The van der Waals surface area contributed by atoms with Gasteiger partial charge < -0.3 is 10.3 Å². The molecule has 0 aliphatic heterocycles. The second-order valence-corrected chi connectivity index (χ2v) is 6.23. The Labute approximate surface area is 133 Å². The Morgan fingerprint density at radius 3 is 2.91 bits per heavy atom. The van der Waals surface area contributed by atoms with E-state index in [1.807, 2.05) is 18.2 Å². The van der Waals surface area contributed by atoms with Crippen LogP contribution in [-0.2, 0) is 6.42 Å². The highest BCUT2D eigenvalue weighted by molar-refractivity contribution is 5.85. The van der Waals surface area contributed by atoms with Crippen LogP contribution in [0.25, 0.3) is 10.9 Å². The zero-order valence-corrected chi connectivity index (χ0v) is 12.9. The van der Waals surface area contributed by atoms with E-state index >= 15 is 0 Å². The van der Waals surface area contributed by atoms with Gasteiger partial charge in [-0.3, -0.25) is 0 Å². The Bertz CT molecular complexity index is 822. The maximum absolute atomic E-state index is 7.88. The predicted molar refractivity (Wildman–Crippen MR) is 92.0 cm³/mol. The predicted octanol–water partition coefficient (Wildman–Crippen LogP) is 4.90. The van der Waals surface area contributed by atoms with Crippen LogP contribution in [0.2, 0.25) is 0 Å². The molecule has 2 atom stereocenters. The van der Waals surface area contributed by atoms with Crippen LogP contribution in [-0.4, -0.2) is 4.98 Å². The summed E-state index contributed by atoms with van der Waals surface area (Å²) < 4.78 is 7.88. The molecule has 112 valence electrons. The lowest BCUT2D eigenvalue weighted by Crippen LogP contribution is -2.27. The van der Waals surface area contributed by atoms with Crippen molar-refractivity contribution in [3.8, 4) is 0 Å². The van der Waals surface area contributed by atoms with Crippen molar-refractivity contribution in [1.82, 2.24) is 10.3 Å². The highest BCUT2D eigenvalue weighted by Crippen LogP contribution is 2.35. The molecule has 0 amide bonds. The molecule has 1 unspecified atom stereocenters. The summed E-state index contributed by atoms with van der Waals surface area (Å²) in [5.41, 5.74) is 5.20. The summed E-state index contributed by atoms with van der Waals surface area (Å²) >= 11 is 0. The first-order valence-corrected chi connectivity index (χ1v) is 8.14. The summed E-state index contributed by atoms with van der Waals surface area (Å²) in [4.78, 5) is 3.60. The van der Waals surface area contributed by atoms with Gasteiger partial charge in [-0.25, -0.2) is 0 Å². The Hall–Kier alpha value is -2.06. The molecule has 1 aromatic heterocycles. The average molecular weight is 291 g/mol. The molecule has 1 aliphatic carbocycles. The van der Waals surface area contributed by atoms with Gasteiger partial charge in [-0.2, -0.15) is 0 Å². The molecule has 0 saturated carbocycles. The zero-order valence-electron chi connectivity index (χ0n) is 13.9. The van der Waals surface area contributed by atoms with Crippen LogP contribution >= 0.6 is 0 Å². The second-order valence-electron chi connectivity index (χ2n) is 6.23. The van der Waals surface area contributed by atoms with Gasteiger partial charge in [-0.15, -0.1) is 0 Å². The monoisotopic (exact) mass is 291 g/mol. The number of benzene rings is 2. The third kappa shape index (κ3) is 2.34. The number of fused-ring (bicyclic) bond motifs is 3. The molecule has 0 radical (unpaired) electrons. The van der Waals surface area contributed by atoms with Gasteiger partial charge in [-0.05, 0) is 43.4 Å². The van der Waals surface area contributed by atoms with E-state index in [1.165, 1.54) is 28.6 Å². The Morgan fingerprint density at radius 2 is 2.05 bits per heavy atom. The first-order valence-electron chi connectivity index (χ1n) is 8.64. The zero-order chi connectivity index (χ0) is 15.8. The standard InChI is InChI=1S/C20H22N2/c1-14(15-8-3-2-4-9-15)21-19-13-7-11-17-16-10-5-6-12-18(16)22-20(17)19/h2-6,8-10,12,14,19,21-22H,7,11,13H2,1H3/t14-,19?/m1/s1/i5D. The third-order valence-corrected chi connectivity index (χ3v) is 4.80. The number of hydrogen-bond acceptors (Lipinski definition) is 1. The Morgan fingerprint density at radius 1 is 1.18 bits per heavy atom. The van der Waals surface area contributed by atoms with Crippen molar-refractivity contribution in [1.29, 1.82) is 0 Å². The number of rotatable bonds is 3. The summed E-state index contributed by atoms with van der Waals surface area (Å²) in [5.74, 6) is 0. The van der Waals surface area contributed by atoms with Crippen molar-refractivity contribution in [2.45, 2.75) is 38.3 Å². The number of H-pyrrole nitrogens is 1. The third-order valence-electron chi connectivity index (χ3n) is 4.80. The lowest BCUT2D eigenvalue weighted by atomic mass is 9.91. The van der Waals surface area contributed by atoms with Crippen molar-refractivity contribution in [2.24, 2.45) is 0 Å². The molecular weight excluding hydrogens is 268 g/mol. The van der Waals surface area contributed by atoms with Crippen molar-refractivity contribution < 1.29 is 1.37 Å². The van der Waals surface area contributed by atoms with Gasteiger partial charge in [0.15, 0.2) is 0 Å². The molecular formula is C20H22N2. The van der Waals surface area contributed by atoms with E-state index in [9.17, 15) is 0 Å². The van der Waals surface area contributed by atoms with E-state index in [1.54, 1.807) is 0 Å². The van der Waals surface area contributed by atoms with Crippen LogP contribution < -0.4 is 5.32 Å². The molecule has 1 aliphatic rings. The summed E-state index contributed by atoms with van der Waals surface area (Å²) in [6, 6.07) is 17.8. The first-order chi connectivity index (χ1) is 11.2. The minimum absolute atomic E-state index is 0.324. The SMILES string of the molecule is [2H]c1ccc2[nH]c3c(c2c1)CCCC3N[C@H](C)c1ccccc1. The molecule has 3 aromatic rings. The highest BCUT2D eigenvalue weighted by atomic mass is 15.0. The van der Waals surface area contributed by atoms with Crippen LogP contribution in [0.15, 0.2) is 54.6 Å². The average Bonchev–Trinajstić information content (AvgIpc) is 2.95. The highest BCUT2D eigenvalue weighted by Gasteiger charge is 2.25. The number of para-hydroxylation sites is 1. The lowest BCUT2D eigenvalue weighted by molar-refractivity contribution is 0.410. The van der Waals surface area contributed by atoms with E-state index in [0.29, 0.717) is 18.1 Å². The number of hydrogen-bond donors (Lipinski definition) is 2. The molecule has 0 fully saturated rings. The number of aromatic nitrogens is 1. The summed E-state index contributed by atoms with van der Waals surface area (Å²) in [7, 11) is 0. The fourth-order valence-electron chi connectivity index (χ4n) is 3.66. The molecule has 2 nitrogen and oxygen atoms in total. The minimum Gasteiger partial charge on any atom is -0.357 e. The molecule has 2 aromatic carbocycles. The van der Waals surface area contributed by atoms with Gasteiger partial charge in [0.1, 0.15) is 0 Å². The van der Waals surface area contributed by atoms with E-state index in [4.69, 9.17) is 1.37 Å². The maximum Gasteiger partial charge on any atom is 0.0623 e. The summed E-state index contributed by atoms with van der Waals surface area (Å²) in [5, 5.41) is 5.02. The molecule has 2 heteroatoms. The molecule has 1 heterocycles. The summed E-state index contributed by atoms with van der Waals surface area (Å²) in [6.07, 6.45) is 3.46. The number of aryl methyl sites for hydroxylation is 1. The molecule has 0 saturated heterocycles. The van der Waals surface area contributed by atoms with Gasteiger partial charge >= 0.3 is 0 Å². The molecule has 2 N–H and O–H groups in total. The van der Waals surface area contributed by atoms with Crippen molar-refractivity contribution in [2.75, 3.05) is 0 Å². The second kappa shape index (κ2) is 5.62. The van der Waals surface area contributed by atoms with E-state index in [0.717, 1.165) is 18.4 Å². The Balaban J connectivity index is 1.66. The molecule has 0 spiro atoms. The topological polar surface area (TPSA) is 27.8 Å². The number of nitrogens with one attached hydrogen (secondary N) is 2. The fourth-order valence-corrected chi connectivity index (χ4v) is 3.66. The van der Waals surface area contributed by atoms with Gasteiger partial charge in [0, 0.05) is 28.7 Å². The fraction of sp³-hybridized carbons (Fsp3) is 0.300. The van der Waals surface area contributed by atoms with Crippen LogP contribution in [0, 0.1) is 0 Å². The van der Waals surface area contributed by atoms with Crippen molar-refractivity contribution >= 4 is 10.9 Å². The number of aromatic amines is 1. The Kier molecular flexibility index (Phi) is 3.19. The van der Waals surface area contributed by atoms with Gasteiger partial charge in [-0.1, -0.05) is 48.5 Å². The largest absolute Gasteiger partial charge is 0.357 e. The first kappa shape index (κ1) is 12.5. The van der Waals surface area contributed by atoms with E-state index in [2.05, 4.69) is 47.6 Å². The van der Waals surface area contributed by atoms with E-state index in [-0.39, 0.29) is 0 Å². The van der Waals surface area contributed by atoms with Gasteiger partial charge in [0.25, 0.3) is 0 Å². The van der Waals surface area contributed by atoms with Crippen LogP contribution in [0.1, 0.15) is 50.0 Å². The van der Waals surface area contributed by atoms with E-state index < -0.39 is 0 Å². The van der Waals surface area contributed by atoms with Crippen molar-refractivity contribution in [3.05, 3.63) is 71.4 Å². The van der Waals surface area contributed by atoms with Crippen molar-refractivity contribution in [3.63, 3.8) is 0 Å². The maximum atomic E-state index is 7.88. The van der Waals surface area contributed by atoms with Gasteiger partial charge in [0.05, 0.1) is 1.37 Å². The minimum atomic E-state index is 0.324. The van der Waals surface area contributed by atoms with Gasteiger partial charge in [0.2, 0.25) is 0 Å². The lowest BCUT2D eigenvalue weighted by Gasteiger charge is -2.27. The smallest absolute Gasteiger partial charge is 0.0623 e. The van der Waals surface area contributed by atoms with Crippen LogP contribution in [0.5, 0.6) is 0 Å². The molecule has 22 heavy (non-hydrogen) atoms. The van der Waals surface area contributed by atoms with Crippen LogP contribution in [0.3, 0.4) is 0 Å². The normalized spacial score (nSPS) is 19.7. The molecule has 0 bridgehead atoms. The van der Waals surface area contributed by atoms with Crippen LogP contribution in [0.4, 0.5) is 0 Å².